The summed E-state index contributed by atoms with van der Waals surface area (Å²) in [7, 11) is 0. The summed E-state index contributed by atoms with van der Waals surface area (Å²) in [5.74, 6) is 0. The van der Waals surface area contributed by atoms with E-state index in [2.05, 4.69) is 87.9 Å². The van der Waals surface area contributed by atoms with Crippen LogP contribution in [0.15, 0.2) is 95.3 Å². The fourth-order valence-electron chi connectivity index (χ4n) is 4.17. The van der Waals surface area contributed by atoms with Gasteiger partial charge >= 0.3 is 0 Å². The van der Waals surface area contributed by atoms with Gasteiger partial charge < -0.3 is 4.74 Å². The van der Waals surface area contributed by atoms with Gasteiger partial charge in [0, 0.05) is 18.7 Å². The summed E-state index contributed by atoms with van der Waals surface area (Å²) in [5.41, 5.74) is 4.62. The summed E-state index contributed by atoms with van der Waals surface area (Å²) >= 11 is 0. The van der Waals surface area contributed by atoms with Gasteiger partial charge in [-0.2, -0.15) is 5.11 Å². The zero-order valence-corrected chi connectivity index (χ0v) is 16.3. The lowest BCUT2D eigenvalue weighted by Gasteiger charge is -2.38. The number of rotatable bonds is 4. The van der Waals surface area contributed by atoms with Gasteiger partial charge in [0.05, 0.1) is 18.9 Å². The van der Waals surface area contributed by atoms with Crippen LogP contribution < -0.4 is 5.01 Å². The maximum atomic E-state index is 5.61. The first-order chi connectivity index (χ1) is 14.4. The molecule has 1 saturated heterocycles. The third-order valence-corrected chi connectivity index (χ3v) is 5.60. The fourth-order valence-corrected chi connectivity index (χ4v) is 4.17. The molecule has 0 amide bonds. The molecule has 2 atom stereocenters. The van der Waals surface area contributed by atoms with Crippen molar-refractivity contribution in [2.24, 2.45) is 10.3 Å². The van der Waals surface area contributed by atoms with Gasteiger partial charge in [-0.15, -0.1) is 0 Å². The van der Waals surface area contributed by atoms with Crippen molar-refractivity contribution in [1.82, 2.24) is 4.90 Å². The summed E-state index contributed by atoms with van der Waals surface area (Å²) in [6.07, 6.45) is 0.0335. The van der Waals surface area contributed by atoms with Crippen molar-refractivity contribution in [2.75, 3.05) is 31.3 Å². The van der Waals surface area contributed by atoms with Crippen molar-refractivity contribution < 1.29 is 4.74 Å². The van der Waals surface area contributed by atoms with Crippen LogP contribution in [0.1, 0.15) is 11.6 Å². The highest BCUT2D eigenvalue weighted by molar-refractivity contribution is 5.78. The van der Waals surface area contributed by atoms with Crippen molar-refractivity contribution in [3.8, 4) is 11.1 Å². The molecule has 3 aromatic rings. The molecule has 2 heterocycles. The smallest absolute Gasteiger partial charge is 0.135 e. The van der Waals surface area contributed by atoms with Crippen molar-refractivity contribution in [1.29, 1.82) is 0 Å². The highest BCUT2D eigenvalue weighted by Gasteiger charge is 2.40. The molecule has 146 valence electrons. The Morgan fingerprint density at radius 3 is 2.17 bits per heavy atom. The van der Waals surface area contributed by atoms with Crippen LogP contribution in [0.5, 0.6) is 0 Å². The second-order valence-corrected chi connectivity index (χ2v) is 7.35. The Morgan fingerprint density at radius 2 is 1.41 bits per heavy atom. The molecule has 1 fully saturated rings. The summed E-state index contributed by atoms with van der Waals surface area (Å²) in [6.45, 7) is 3.24. The van der Waals surface area contributed by atoms with E-state index in [4.69, 9.17) is 9.85 Å². The molecule has 0 aliphatic carbocycles. The Labute approximate surface area is 171 Å². The molecule has 0 aromatic heterocycles. The third-order valence-electron chi connectivity index (χ3n) is 5.60. The van der Waals surface area contributed by atoms with E-state index in [0.717, 1.165) is 32.0 Å². The third kappa shape index (κ3) is 3.55. The molecule has 5 rings (SSSR count). The molecule has 3 aromatic carbocycles. The standard InChI is InChI=1S/C24H24N4O/c1-3-9-19(10-4-1)21-13-7-8-14-22(21)28-24(27-15-17-29-18-16-27)23(25-26-28)20-11-5-2-6-12-20/h1-14,23-24H,15-18H2/t23-,24+/m0/s1. The predicted octanol–water partition coefficient (Wildman–Crippen LogP) is 4.94. The molecule has 2 aliphatic heterocycles. The highest BCUT2D eigenvalue weighted by Crippen LogP contribution is 2.40. The van der Waals surface area contributed by atoms with Crippen molar-refractivity contribution >= 4 is 5.69 Å². The molecular weight excluding hydrogens is 360 g/mol. The van der Waals surface area contributed by atoms with Crippen LogP contribution in [0.3, 0.4) is 0 Å². The Bertz CT molecular complexity index is 970. The topological polar surface area (TPSA) is 40.4 Å². The van der Waals surface area contributed by atoms with E-state index >= 15 is 0 Å². The monoisotopic (exact) mass is 384 g/mol. The lowest BCUT2D eigenvalue weighted by atomic mass is 10.0. The summed E-state index contributed by atoms with van der Waals surface area (Å²) in [6, 6.07) is 29.4. The molecular formula is C24H24N4O. The summed E-state index contributed by atoms with van der Waals surface area (Å²) in [4.78, 5) is 2.45. The Balaban J connectivity index is 1.57. The number of hydrogen-bond acceptors (Lipinski definition) is 5. The van der Waals surface area contributed by atoms with Crippen LogP contribution in [0.2, 0.25) is 0 Å². The first kappa shape index (κ1) is 18.0. The minimum atomic E-state index is -0.0295. The molecule has 29 heavy (non-hydrogen) atoms. The van der Waals surface area contributed by atoms with Gasteiger partial charge in [-0.25, -0.2) is 5.01 Å². The van der Waals surface area contributed by atoms with Crippen LogP contribution in [0, 0.1) is 0 Å². The number of hydrogen-bond donors (Lipinski definition) is 0. The van der Waals surface area contributed by atoms with E-state index in [9.17, 15) is 0 Å². The first-order valence-electron chi connectivity index (χ1n) is 10.1. The maximum absolute atomic E-state index is 5.61. The SMILES string of the molecule is c1ccc(-c2ccccc2N2N=N[C@@H](c3ccccc3)[C@@H]2N2CCOCC2)cc1. The van der Waals surface area contributed by atoms with Crippen molar-refractivity contribution in [2.45, 2.75) is 12.2 Å². The molecule has 0 unspecified atom stereocenters. The van der Waals surface area contributed by atoms with Gasteiger partial charge in [-0.05, 0) is 17.2 Å². The molecule has 0 spiro atoms. The largest absolute Gasteiger partial charge is 0.379 e. The summed E-state index contributed by atoms with van der Waals surface area (Å²) < 4.78 is 5.61. The highest BCUT2D eigenvalue weighted by atomic mass is 16.5. The number of anilines is 1. The number of ether oxygens (including phenoxy) is 1. The second kappa shape index (κ2) is 8.15. The van der Waals surface area contributed by atoms with E-state index in [-0.39, 0.29) is 12.2 Å². The van der Waals surface area contributed by atoms with E-state index < -0.39 is 0 Å². The number of benzene rings is 3. The van der Waals surface area contributed by atoms with Crippen LogP contribution in [0.25, 0.3) is 11.1 Å². The van der Waals surface area contributed by atoms with Crippen LogP contribution in [0.4, 0.5) is 5.69 Å². The Morgan fingerprint density at radius 1 is 0.759 bits per heavy atom. The van der Waals surface area contributed by atoms with Gasteiger partial charge in [0.15, 0.2) is 0 Å². The minimum absolute atomic E-state index is 0.0295. The minimum Gasteiger partial charge on any atom is -0.379 e. The van der Waals surface area contributed by atoms with Crippen LogP contribution >= 0.6 is 0 Å². The maximum Gasteiger partial charge on any atom is 0.135 e. The van der Waals surface area contributed by atoms with Crippen molar-refractivity contribution in [3.63, 3.8) is 0 Å². The van der Waals surface area contributed by atoms with Gasteiger partial charge in [0.1, 0.15) is 12.2 Å². The van der Waals surface area contributed by atoms with E-state index in [1.165, 1.54) is 16.7 Å². The first-order valence-corrected chi connectivity index (χ1v) is 10.1. The molecule has 5 nitrogen and oxygen atoms in total. The Kier molecular flexibility index (Phi) is 5.07. The van der Waals surface area contributed by atoms with Gasteiger partial charge in [0.25, 0.3) is 0 Å². The zero-order valence-electron chi connectivity index (χ0n) is 16.3. The average Bonchev–Trinajstić information content (AvgIpc) is 3.26. The summed E-state index contributed by atoms with van der Waals surface area (Å²) in [5, 5.41) is 11.5. The van der Waals surface area contributed by atoms with E-state index in [0.29, 0.717) is 0 Å². The molecule has 0 saturated carbocycles. The van der Waals surface area contributed by atoms with Crippen LogP contribution in [-0.2, 0) is 4.74 Å². The number of morpholine rings is 1. The lowest BCUT2D eigenvalue weighted by Crippen LogP contribution is -2.51. The molecule has 2 aliphatic rings. The van der Waals surface area contributed by atoms with Gasteiger partial charge in [-0.3, -0.25) is 4.90 Å². The van der Waals surface area contributed by atoms with Gasteiger partial charge in [-0.1, -0.05) is 84.1 Å². The molecule has 0 bridgehead atoms. The lowest BCUT2D eigenvalue weighted by molar-refractivity contribution is 0.0140. The Hall–Kier alpha value is -3.02. The number of nitrogens with zero attached hydrogens (tertiary/aromatic N) is 4. The molecule has 0 radical (unpaired) electrons. The zero-order chi connectivity index (χ0) is 19.5. The second-order valence-electron chi connectivity index (χ2n) is 7.35. The quantitative estimate of drug-likeness (QED) is 0.640. The predicted molar refractivity (Wildman–Crippen MR) is 115 cm³/mol. The molecule has 0 N–H and O–H groups in total. The van der Waals surface area contributed by atoms with E-state index in [1.807, 2.05) is 12.1 Å². The number of para-hydroxylation sites is 1. The van der Waals surface area contributed by atoms with Crippen molar-refractivity contribution in [3.05, 3.63) is 90.5 Å². The van der Waals surface area contributed by atoms with Crippen LogP contribution in [-0.4, -0.2) is 37.4 Å². The molecule has 5 heteroatoms. The normalized spacial score (nSPS) is 22.1. The average molecular weight is 384 g/mol. The fraction of sp³-hybridized carbons (Fsp3) is 0.250. The van der Waals surface area contributed by atoms with E-state index in [1.54, 1.807) is 0 Å². The van der Waals surface area contributed by atoms with Gasteiger partial charge in [0.2, 0.25) is 0 Å².